The molecule has 0 saturated carbocycles. The second kappa shape index (κ2) is 8.45. The number of nitrogens with zero attached hydrogens (tertiary/aromatic N) is 1. The zero-order chi connectivity index (χ0) is 21.3. The lowest BCUT2D eigenvalue weighted by molar-refractivity contribution is 0.100. The van der Waals surface area contributed by atoms with Crippen LogP contribution in [0.3, 0.4) is 0 Å². The molecule has 5 nitrogen and oxygen atoms in total. The fourth-order valence-electron chi connectivity index (χ4n) is 4.15. The van der Waals surface area contributed by atoms with Gasteiger partial charge in [0.1, 0.15) is 5.82 Å². The van der Waals surface area contributed by atoms with Crippen molar-refractivity contribution in [3.63, 3.8) is 0 Å². The number of carbonyl (C=O) groups excluding carboxylic acids is 1. The monoisotopic (exact) mass is 446 g/mol. The summed E-state index contributed by atoms with van der Waals surface area (Å²) in [6, 6.07) is 12.4. The number of halogens is 1. The first-order valence-electron chi connectivity index (χ1n) is 9.95. The minimum atomic E-state index is -3.79. The quantitative estimate of drug-likeness (QED) is 0.634. The summed E-state index contributed by atoms with van der Waals surface area (Å²) in [4.78, 5) is 12.7. The number of thiophene rings is 1. The van der Waals surface area contributed by atoms with E-state index in [1.54, 1.807) is 0 Å². The standard InChI is InChI=1S/C22H23FN2O3S2/c23-15-9-11-17(12-10-15)30(27,28)25-13-5-1-2-6-16(25)14-19-18-7-3-4-8-20(18)29-21(19)22(24)26/h3-4,7-12,16H,1-2,5-6,13-14H2,(H2,24,26). The molecule has 1 saturated heterocycles. The Hall–Kier alpha value is -2.29. The minimum absolute atomic E-state index is 0.0844. The largest absolute Gasteiger partial charge is 0.365 e. The van der Waals surface area contributed by atoms with Crippen molar-refractivity contribution < 1.29 is 17.6 Å². The van der Waals surface area contributed by atoms with Crippen LogP contribution < -0.4 is 5.73 Å². The van der Waals surface area contributed by atoms with E-state index in [4.69, 9.17) is 5.73 Å². The molecule has 2 N–H and O–H groups in total. The van der Waals surface area contributed by atoms with Crippen LogP contribution in [0.4, 0.5) is 4.39 Å². The molecule has 0 spiro atoms. The third kappa shape index (κ3) is 3.99. The Morgan fingerprint density at radius 1 is 1.10 bits per heavy atom. The number of rotatable bonds is 5. The highest BCUT2D eigenvalue weighted by molar-refractivity contribution is 7.89. The van der Waals surface area contributed by atoms with E-state index in [0.29, 0.717) is 24.3 Å². The molecule has 2 heterocycles. The maximum Gasteiger partial charge on any atom is 0.259 e. The van der Waals surface area contributed by atoms with E-state index in [0.717, 1.165) is 47.0 Å². The van der Waals surface area contributed by atoms with Gasteiger partial charge in [-0.15, -0.1) is 11.3 Å². The zero-order valence-electron chi connectivity index (χ0n) is 16.4. The molecule has 1 fully saturated rings. The van der Waals surface area contributed by atoms with Crippen molar-refractivity contribution in [1.82, 2.24) is 4.31 Å². The van der Waals surface area contributed by atoms with Gasteiger partial charge in [-0.1, -0.05) is 31.0 Å². The van der Waals surface area contributed by atoms with Gasteiger partial charge in [0.15, 0.2) is 0 Å². The summed E-state index contributed by atoms with van der Waals surface area (Å²) in [6.07, 6.45) is 3.74. The molecular weight excluding hydrogens is 423 g/mol. The van der Waals surface area contributed by atoms with Crippen LogP contribution in [-0.4, -0.2) is 31.2 Å². The number of sulfonamides is 1. The average Bonchev–Trinajstić information content (AvgIpc) is 2.91. The second-order valence-corrected chi connectivity index (χ2v) is 10.5. The molecule has 0 aliphatic carbocycles. The number of nitrogens with two attached hydrogens (primary N) is 1. The fourth-order valence-corrected chi connectivity index (χ4v) is 6.93. The summed E-state index contributed by atoms with van der Waals surface area (Å²) in [7, 11) is -3.79. The molecule has 1 amide bonds. The molecule has 3 aromatic rings. The van der Waals surface area contributed by atoms with Crippen molar-refractivity contribution in [3.8, 4) is 0 Å². The third-order valence-corrected chi connectivity index (χ3v) is 8.80. The highest BCUT2D eigenvalue weighted by Crippen LogP contribution is 2.35. The summed E-state index contributed by atoms with van der Waals surface area (Å²) >= 11 is 1.35. The molecule has 4 rings (SSSR count). The Morgan fingerprint density at radius 3 is 2.57 bits per heavy atom. The fraction of sp³-hybridized carbons (Fsp3) is 0.318. The minimum Gasteiger partial charge on any atom is -0.365 e. The normalized spacial score (nSPS) is 18.4. The van der Waals surface area contributed by atoms with E-state index in [1.165, 1.54) is 27.8 Å². The summed E-state index contributed by atoms with van der Waals surface area (Å²) in [5, 5.41) is 0.944. The van der Waals surface area contributed by atoms with Gasteiger partial charge in [-0.2, -0.15) is 4.31 Å². The number of benzene rings is 2. The van der Waals surface area contributed by atoms with Crippen LogP contribution in [-0.2, 0) is 16.4 Å². The van der Waals surface area contributed by atoms with Crippen LogP contribution in [0.15, 0.2) is 53.4 Å². The van der Waals surface area contributed by atoms with Crippen molar-refractivity contribution >= 4 is 37.4 Å². The predicted molar refractivity (Wildman–Crippen MR) is 117 cm³/mol. The van der Waals surface area contributed by atoms with Crippen LogP contribution in [0.2, 0.25) is 0 Å². The van der Waals surface area contributed by atoms with Gasteiger partial charge in [0.05, 0.1) is 9.77 Å². The first-order chi connectivity index (χ1) is 14.4. The van der Waals surface area contributed by atoms with Crippen molar-refractivity contribution in [2.75, 3.05) is 6.54 Å². The molecule has 8 heteroatoms. The number of hydrogen-bond acceptors (Lipinski definition) is 4. The number of hydrogen-bond donors (Lipinski definition) is 1. The van der Waals surface area contributed by atoms with E-state index < -0.39 is 21.7 Å². The smallest absolute Gasteiger partial charge is 0.259 e. The Morgan fingerprint density at radius 2 is 1.83 bits per heavy atom. The van der Waals surface area contributed by atoms with Crippen molar-refractivity contribution in [3.05, 3.63) is 64.8 Å². The van der Waals surface area contributed by atoms with Gasteiger partial charge in [-0.05, 0) is 60.5 Å². The first kappa shape index (κ1) is 21.0. The SMILES string of the molecule is NC(=O)c1sc2ccccc2c1CC1CCCCCN1S(=O)(=O)c1ccc(F)cc1. The molecule has 30 heavy (non-hydrogen) atoms. The first-order valence-corrected chi connectivity index (χ1v) is 12.2. The van der Waals surface area contributed by atoms with E-state index >= 15 is 0 Å². The molecule has 0 radical (unpaired) electrons. The number of carbonyl (C=O) groups is 1. The molecule has 1 aliphatic heterocycles. The predicted octanol–water partition coefficient (Wildman–Crippen LogP) is 4.32. The van der Waals surface area contributed by atoms with Gasteiger partial charge >= 0.3 is 0 Å². The van der Waals surface area contributed by atoms with Crippen LogP contribution in [0.25, 0.3) is 10.1 Å². The van der Waals surface area contributed by atoms with Gasteiger partial charge in [-0.25, -0.2) is 12.8 Å². The molecule has 1 aromatic heterocycles. The zero-order valence-corrected chi connectivity index (χ0v) is 18.0. The average molecular weight is 447 g/mol. The lowest BCUT2D eigenvalue weighted by Gasteiger charge is -2.29. The van der Waals surface area contributed by atoms with Crippen LogP contribution in [0.5, 0.6) is 0 Å². The van der Waals surface area contributed by atoms with Gasteiger partial charge in [0.25, 0.3) is 5.91 Å². The molecule has 1 unspecified atom stereocenters. The van der Waals surface area contributed by atoms with Gasteiger partial charge in [0, 0.05) is 17.3 Å². The highest BCUT2D eigenvalue weighted by atomic mass is 32.2. The molecule has 2 aromatic carbocycles. The second-order valence-electron chi connectivity index (χ2n) is 7.55. The Kier molecular flexibility index (Phi) is 5.90. The van der Waals surface area contributed by atoms with Gasteiger partial charge in [-0.3, -0.25) is 4.79 Å². The Bertz CT molecular complexity index is 1170. The maximum atomic E-state index is 13.4. The van der Waals surface area contributed by atoms with E-state index in [-0.39, 0.29) is 10.9 Å². The topological polar surface area (TPSA) is 80.5 Å². The molecule has 1 atom stereocenters. The Labute approximate surface area is 179 Å². The Balaban J connectivity index is 1.75. The molecule has 158 valence electrons. The van der Waals surface area contributed by atoms with Crippen molar-refractivity contribution in [2.24, 2.45) is 5.73 Å². The lowest BCUT2D eigenvalue weighted by atomic mass is 9.99. The number of amides is 1. The van der Waals surface area contributed by atoms with Gasteiger partial charge < -0.3 is 5.73 Å². The molecule has 0 bridgehead atoms. The van der Waals surface area contributed by atoms with E-state index in [1.807, 2.05) is 24.3 Å². The number of primary amides is 1. The van der Waals surface area contributed by atoms with Gasteiger partial charge in [0.2, 0.25) is 10.0 Å². The van der Waals surface area contributed by atoms with E-state index in [9.17, 15) is 17.6 Å². The highest BCUT2D eigenvalue weighted by Gasteiger charge is 2.34. The summed E-state index contributed by atoms with van der Waals surface area (Å²) < 4.78 is 42.6. The van der Waals surface area contributed by atoms with Crippen LogP contribution in [0.1, 0.15) is 40.9 Å². The summed E-state index contributed by atoms with van der Waals surface area (Å²) in [6.45, 7) is 0.401. The van der Waals surface area contributed by atoms with Crippen molar-refractivity contribution in [2.45, 2.75) is 43.0 Å². The lowest BCUT2D eigenvalue weighted by Crippen LogP contribution is -2.41. The van der Waals surface area contributed by atoms with Crippen molar-refractivity contribution in [1.29, 1.82) is 0 Å². The summed E-state index contributed by atoms with van der Waals surface area (Å²) in [5.41, 5.74) is 6.46. The third-order valence-electron chi connectivity index (χ3n) is 5.61. The molecular formula is C22H23FN2O3S2. The van der Waals surface area contributed by atoms with Crippen LogP contribution in [0, 0.1) is 5.82 Å². The number of fused-ring (bicyclic) bond motifs is 1. The summed E-state index contributed by atoms with van der Waals surface area (Å²) in [5.74, 6) is -0.968. The molecule has 1 aliphatic rings. The maximum absolute atomic E-state index is 13.4. The van der Waals surface area contributed by atoms with Crippen LogP contribution >= 0.6 is 11.3 Å². The van der Waals surface area contributed by atoms with E-state index in [2.05, 4.69) is 0 Å².